The van der Waals surface area contributed by atoms with Gasteiger partial charge in [0, 0.05) is 19.1 Å². The highest BCUT2D eigenvalue weighted by Crippen LogP contribution is 2.18. The summed E-state index contributed by atoms with van der Waals surface area (Å²) >= 11 is 0. The molecule has 146 valence electrons. The minimum absolute atomic E-state index is 0.00133. The minimum Gasteiger partial charge on any atom is -0.491 e. The van der Waals surface area contributed by atoms with Crippen LogP contribution in [0.2, 0.25) is 0 Å². The lowest BCUT2D eigenvalue weighted by molar-refractivity contribution is 0.224. The molecule has 1 saturated heterocycles. The number of carbonyl (C=O) groups excluding carboxylic acids is 1. The SMILES string of the molecule is CCS(=O)(=O)N1CCC(NC(=O)NCCOc2ccc(C)cc2C)CC1. The second kappa shape index (κ2) is 9.23. The second-order valence-corrected chi connectivity index (χ2v) is 8.85. The Balaban J connectivity index is 1.65. The zero-order valence-electron chi connectivity index (χ0n) is 15.7. The Morgan fingerprint density at radius 3 is 2.58 bits per heavy atom. The van der Waals surface area contributed by atoms with Crippen LogP contribution < -0.4 is 15.4 Å². The van der Waals surface area contributed by atoms with Crippen molar-refractivity contribution in [3.05, 3.63) is 29.3 Å². The first-order chi connectivity index (χ1) is 12.3. The molecule has 2 amide bonds. The number of rotatable bonds is 7. The van der Waals surface area contributed by atoms with Gasteiger partial charge in [-0.25, -0.2) is 17.5 Å². The molecule has 0 aromatic heterocycles. The van der Waals surface area contributed by atoms with Gasteiger partial charge in [-0.05, 0) is 45.2 Å². The summed E-state index contributed by atoms with van der Waals surface area (Å²) in [5.74, 6) is 0.939. The van der Waals surface area contributed by atoms with Crippen molar-refractivity contribution in [2.75, 3.05) is 32.0 Å². The summed E-state index contributed by atoms with van der Waals surface area (Å²) in [6.07, 6.45) is 1.26. The van der Waals surface area contributed by atoms with E-state index in [2.05, 4.69) is 16.7 Å². The lowest BCUT2D eigenvalue weighted by atomic mass is 10.1. The van der Waals surface area contributed by atoms with Crippen LogP contribution in [0, 0.1) is 13.8 Å². The van der Waals surface area contributed by atoms with Crippen LogP contribution in [0.25, 0.3) is 0 Å². The molecular weight excluding hydrogens is 354 g/mol. The molecule has 0 radical (unpaired) electrons. The molecule has 8 heteroatoms. The number of aryl methyl sites for hydroxylation is 2. The summed E-state index contributed by atoms with van der Waals surface area (Å²) in [6.45, 7) is 7.38. The Labute approximate surface area is 156 Å². The van der Waals surface area contributed by atoms with Crippen LogP contribution in [0.5, 0.6) is 5.75 Å². The van der Waals surface area contributed by atoms with Crippen LogP contribution in [-0.4, -0.2) is 56.8 Å². The number of piperidine rings is 1. The van der Waals surface area contributed by atoms with Crippen molar-refractivity contribution in [3.8, 4) is 5.75 Å². The van der Waals surface area contributed by atoms with Gasteiger partial charge in [0.15, 0.2) is 0 Å². The number of hydrogen-bond donors (Lipinski definition) is 2. The van der Waals surface area contributed by atoms with Gasteiger partial charge >= 0.3 is 6.03 Å². The summed E-state index contributed by atoms with van der Waals surface area (Å²) in [4.78, 5) is 12.0. The fourth-order valence-corrected chi connectivity index (χ4v) is 4.12. The highest BCUT2D eigenvalue weighted by atomic mass is 32.2. The Morgan fingerprint density at radius 1 is 1.27 bits per heavy atom. The number of benzene rings is 1. The Bertz CT molecular complexity index is 713. The highest BCUT2D eigenvalue weighted by molar-refractivity contribution is 7.89. The normalized spacial score (nSPS) is 16.3. The quantitative estimate of drug-likeness (QED) is 0.703. The van der Waals surface area contributed by atoms with Crippen LogP contribution in [0.1, 0.15) is 30.9 Å². The molecule has 1 heterocycles. The van der Waals surface area contributed by atoms with Gasteiger partial charge in [0.25, 0.3) is 0 Å². The van der Waals surface area contributed by atoms with Crippen LogP contribution in [0.15, 0.2) is 18.2 Å². The monoisotopic (exact) mass is 383 g/mol. The van der Waals surface area contributed by atoms with E-state index in [1.807, 2.05) is 26.0 Å². The average molecular weight is 384 g/mol. The number of hydrogen-bond acceptors (Lipinski definition) is 4. The molecule has 2 N–H and O–H groups in total. The predicted octanol–water partition coefficient (Wildman–Crippen LogP) is 1.80. The molecule has 0 bridgehead atoms. The van der Waals surface area contributed by atoms with Crippen molar-refractivity contribution < 1.29 is 17.9 Å². The maximum absolute atomic E-state index is 12.0. The summed E-state index contributed by atoms with van der Waals surface area (Å²) in [5, 5.41) is 5.68. The molecule has 1 aromatic rings. The van der Waals surface area contributed by atoms with E-state index in [0.29, 0.717) is 39.1 Å². The summed E-state index contributed by atoms with van der Waals surface area (Å²) in [5.41, 5.74) is 2.26. The van der Waals surface area contributed by atoms with E-state index in [1.165, 1.54) is 9.87 Å². The third kappa shape index (κ3) is 5.88. The summed E-state index contributed by atoms with van der Waals surface area (Å²) in [7, 11) is -3.13. The number of carbonyl (C=O) groups is 1. The molecule has 1 aliphatic heterocycles. The van der Waals surface area contributed by atoms with E-state index in [0.717, 1.165) is 11.3 Å². The van der Waals surface area contributed by atoms with E-state index in [-0.39, 0.29) is 17.8 Å². The molecule has 26 heavy (non-hydrogen) atoms. The molecular formula is C18H29N3O4S. The van der Waals surface area contributed by atoms with Gasteiger partial charge in [-0.1, -0.05) is 17.7 Å². The van der Waals surface area contributed by atoms with Crippen molar-refractivity contribution in [1.29, 1.82) is 0 Å². The van der Waals surface area contributed by atoms with Crippen molar-refractivity contribution in [1.82, 2.24) is 14.9 Å². The number of nitrogens with one attached hydrogen (secondary N) is 2. The lowest BCUT2D eigenvalue weighted by Gasteiger charge is -2.31. The van der Waals surface area contributed by atoms with Crippen molar-refractivity contribution in [2.24, 2.45) is 0 Å². The molecule has 1 aliphatic rings. The maximum Gasteiger partial charge on any atom is 0.315 e. The average Bonchev–Trinajstić information content (AvgIpc) is 2.60. The zero-order chi connectivity index (χ0) is 19.2. The first kappa shape index (κ1) is 20.5. The van der Waals surface area contributed by atoms with E-state index in [4.69, 9.17) is 4.74 Å². The van der Waals surface area contributed by atoms with E-state index >= 15 is 0 Å². The number of urea groups is 1. The van der Waals surface area contributed by atoms with Crippen LogP contribution >= 0.6 is 0 Å². The fourth-order valence-electron chi connectivity index (χ4n) is 2.98. The van der Waals surface area contributed by atoms with Gasteiger partial charge in [0.2, 0.25) is 10.0 Å². The van der Waals surface area contributed by atoms with Crippen molar-refractivity contribution in [2.45, 2.75) is 39.7 Å². The molecule has 1 aromatic carbocycles. The number of nitrogens with zero attached hydrogens (tertiary/aromatic N) is 1. The van der Waals surface area contributed by atoms with Gasteiger partial charge in [-0.15, -0.1) is 0 Å². The zero-order valence-corrected chi connectivity index (χ0v) is 16.6. The van der Waals surface area contributed by atoms with Crippen molar-refractivity contribution >= 4 is 16.1 Å². The standard InChI is InChI=1S/C18H29N3O4S/c1-4-26(23,24)21-10-7-16(8-11-21)20-18(22)19-9-12-25-17-6-5-14(2)13-15(17)3/h5-6,13,16H,4,7-12H2,1-3H3,(H2,19,20,22). The van der Waals surface area contributed by atoms with Gasteiger partial charge in [-0.3, -0.25) is 0 Å². The second-order valence-electron chi connectivity index (χ2n) is 6.59. The first-order valence-electron chi connectivity index (χ1n) is 9.04. The van der Waals surface area contributed by atoms with Gasteiger partial charge < -0.3 is 15.4 Å². The highest BCUT2D eigenvalue weighted by Gasteiger charge is 2.27. The largest absolute Gasteiger partial charge is 0.491 e. The Morgan fingerprint density at radius 2 is 1.96 bits per heavy atom. The van der Waals surface area contributed by atoms with Gasteiger partial charge in [0.05, 0.1) is 12.3 Å². The Kier molecular flexibility index (Phi) is 7.28. The van der Waals surface area contributed by atoms with E-state index in [1.54, 1.807) is 6.92 Å². The molecule has 2 rings (SSSR count). The molecule has 1 fully saturated rings. The maximum atomic E-state index is 12.0. The number of sulfonamides is 1. The van der Waals surface area contributed by atoms with Gasteiger partial charge in [0.1, 0.15) is 12.4 Å². The third-order valence-corrected chi connectivity index (χ3v) is 6.40. The Hall–Kier alpha value is -1.80. The third-order valence-electron chi connectivity index (χ3n) is 4.52. The lowest BCUT2D eigenvalue weighted by Crippen LogP contribution is -2.49. The van der Waals surface area contributed by atoms with Crippen LogP contribution in [0.4, 0.5) is 4.79 Å². The van der Waals surface area contributed by atoms with E-state index in [9.17, 15) is 13.2 Å². The predicted molar refractivity (Wildman–Crippen MR) is 102 cm³/mol. The molecule has 0 atom stereocenters. The molecule has 0 unspecified atom stereocenters. The molecule has 0 spiro atoms. The molecule has 7 nitrogen and oxygen atoms in total. The number of amides is 2. The van der Waals surface area contributed by atoms with Crippen molar-refractivity contribution in [3.63, 3.8) is 0 Å². The van der Waals surface area contributed by atoms with Crippen LogP contribution in [-0.2, 0) is 10.0 Å². The number of ether oxygens (including phenoxy) is 1. The first-order valence-corrected chi connectivity index (χ1v) is 10.6. The molecule has 0 saturated carbocycles. The van der Waals surface area contributed by atoms with Crippen LogP contribution in [0.3, 0.4) is 0 Å². The minimum atomic E-state index is -3.13. The fraction of sp³-hybridized carbons (Fsp3) is 0.611. The molecule has 0 aliphatic carbocycles. The smallest absolute Gasteiger partial charge is 0.315 e. The topological polar surface area (TPSA) is 87.7 Å². The van der Waals surface area contributed by atoms with Gasteiger partial charge in [-0.2, -0.15) is 0 Å². The van der Waals surface area contributed by atoms with E-state index < -0.39 is 10.0 Å². The summed E-state index contributed by atoms with van der Waals surface area (Å²) < 4.78 is 30.8. The summed E-state index contributed by atoms with van der Waals surface area (Å²) in [6, 6.07) is 5.74.